The fourth-order valence-electron chi connectivity index (χ4n) is 2.16. The van der Waals surface area contributed by atoms with Crippen LogP contribution < -0.4 is 5.73 Å². The van der Waals surface area contributed by atoms with Crippen molar-refractivity contribution in [2.75, 3.05) is 0 Å². The molecule has 0 amide bonds. The normalized spacial score (nSPS) is 13.3. The summed E-state index contributed by atoms with van der Waals surface area (Å²) in [6.45, 7) is 4.39. The first-order chi connectivity index (χ1) is 9.00. The molecule has 19 heavy (non-hydrogen) atoms. The smallest absolute Gasteiger partial charge is 0.0410 e. The number of benzene rings is 1. The number of rotatable bonds is 4. The molecule has 3 heteroatoms. The van der Waals surface area contributed by atoms with Gasteiger partial charge in [0.25, 0.3) is 0 Å². The lowest BCUT2D eigenvalue weighted by Gasteiger charge is -2.32. The standard InChI is InChI=1S/C16H19BrN2/c1-16(2,13-6-4-3-5-7-13)15(18)9-12-8-14(17)11-19-10-12/h3-8,10-11,15H,9,18H2,1-2H3. The molecule has 100 valence electrons. The monoisotopic (exact) mass is 318 g/mol. The topological polar surface area (TPSA) is 38.9 Å². The molecule has 1 aromatic heterocycles. The van der Waals surface area contributed by atoms with E-state index in [1.165, 1.54) is 5.56 Å². The van der Waals surface area contributed by atoms with Gasteiger partial charge in [-0.3, -0.25) is 4.98 Å². The van der Waals surface area contributed by atoms with Crippen LogP contribution in [0.15, 0.2) is 53.3 Å². The van der Waals surface area contributed by atoms with Crippen LogP contribution in [0, 0.1) is 0 Å². The van der Waals surface area contributed by atoms with E-state index in [0.29, 0.717) is 0 Å². The van der Waals surface area contributed by atoms with Gasteiger partial charge in [-0.25, -0.2) is 0 Å². The lowest BCUT2D eigenvalue weighted by Crippen LogP contribution is -2.42. The van der Waals surface area contributed by atoms with E-state index in [0.717, 1.165) is 16.5 Å². The zero-order valence-corrected chi connectivity index (χ0v) is 12.9. The van der Waals surface area contributed by atoms with Gasteiger partial charge in [0.2, 0.25) is 0 Å². The molecule has 0 saturated carbocycles. The first-order valence-corrected chi connectivity index (χ1v) is 7.20. The number of halogens is 1. The van der Waals surface area contributed by atoms with Crippen LogP contribution >= 0.6 is 15.9 Å². The number of nitrogens with zero attached hydrogens (tertiary/aromatic N) is 1. The van der Waals surface area contributed by atoms with Crippen LogP contribution in [0.5, 0.6) is 0 Å². The molecule has 0 radical (unpaired) electrons. The van der Waals surface area contributed by atoms with Crippen molar-refractivity contribution in [3.8, 4) is 0 Å². The molecular weight excluding hydrogens is 300 g/mol. The van der Waals surface area contributed by atoms with E-state index in [2.05, 4.69) is 65.1 Å². The minimum atomic E-state index is -0.0659. The second kappa shape index (κ2) is 5.85. The van der Waals surface area contributed by atoms with Crippen LogP contribution in [0.1, 0.15) is 25.0 Å². The molecule has 0 fully saturated rings. The highest BCUT2D eigenvalue weighted by Gasteiger charge is 2.28. The quantitative estimate of drug-likeness (QED) is 0.933. The Hall–Kier alpha value is -1.19. The van der Waals surface area contributed by atoms with Crippen LogP contribution in [-0.2, 0) is 11.8 Å². The second-order valence-corrected chi connectivity index (χ2v) is 6.33. The van der Waals surface area contributed by atoms with E-state index in [1.807, 2.05) is 12.3 Å². The fourth-order valence-corrected chi connectivity index (χ4v) is 2.57. The molecule has 0 bridgehead atoms. The summed E-state index contributed by atoms with van der Waals surface area (Å²) in [5, 5.41) is 0. The Morgan fingerprint density at radius 2 is 1.89 bits per heavy atom. The fraction of sp³-hybridized carbons (Fsp3) is 0.312. The summed E-state index contributed by atoms with van der Waals surface area (Å²) in [5.74, 6) is 0. The van der Waals surface area contributed by atoms with Gasteiger partial charge in [0.15, 0.2) is 0 Å². The molecule has 1 heterocycles. The van der Waals surface area contributed by atoms with Crippen LogP contribution in [0.25, 0.3) is 0 Å². The Bertz CT molecular complexity index is 537. The van der Waals surface area contributed by atoms with Crippen LogP contribution in [-0.4, -0.2) is 11.0 Å². The van der Waals surface area contributed by atoms with Gasteiger partial charge < -0.3 is 5.73 Å². The van der Waals surface area contributed by atoms with Crippen molar-refractivity contribution >= 4 is 15.9 Å². The molecule has 2 rings (SSSR count). The van der Waals surface area contributed by atoms with Gasteiger partial charge in [0.05, 0.1) is 0 Å². The Labute approximate surface area is 123 Å². The molecule has 1 aromatic carbocycles. The lowest BCUT2D eigenvalue weighted by atomic mass is 9.76. The summed E-state index contributed by atoms with van der Waals surface area (Å²) < 4.78 is 0.995. The highest BCUT2D eigenvalue weighted by atomic mass is 79.9. The largest absolute Gasteiger partial charge is 0.327 e. The first kappa shape index (κ1) is 14.2. The molecule has 1 atom stereocenters. The Morgan fingerprint density at radius 3 is 2.53 bits per heavy atom. The molecule has 2 nitrogen and oxygen atoms in total. The summed E-state index contributed by atoms with van der Waals surface area (Å²) in [6.07, 6.45) is 4.48. The molecule has 0 aliphatic heterocycles. The molecule has 1 unspecified atom stereocenters. The molecule has 0 aliphatic carbocycles. The van der Waals surface area contributed by atoms with E-state index in [9.17, 15) is 0 Å². The summed E-state index contributed by atoms with van der Waals surface area (Å²) in [5.41, 5.74) is 8.78. The Kier molecular flexibility index (Phi) is 4.38. The third-order valence-corrected chi connectivity index (χ3v) is 4.10. The highest BCUT2D eigenvalue weighted by Crippen LogP contribution is 2.28. The molecular formula is C16H19BrN2. The number of hydrogen-bond acceptors (Lipinski definition) is 2. The van der Waals surface area contributed by atoms with Crippen LogP contribution in [0.2, 0.25) is 0 Å². The maximum absolute atomic E-state index is 6.42. The predicted octanol–water partition coefficient (Wildman–Crippen LogP) is 3.69. The van der Waals surface area contributed by atoms with Gasteiger partial charge in [-0.15, -0.1) is 0 Å². The zero-order chi connectivity index (χ0) is 13.9. The van der Waals surface area contributed by atoms with Gasteiger partial charge in [-0.2, -0.15) is 0 Å². The molecule has 2 N–H and O–H groups in total. The molecule has 0 aliphatic rings. The van der Waals surface area contributed by atoms with Crippen LogP contribution in [0.3, 0.4) is 0 Å². The molecule has 0 saturated heterocycles. The van der Waals surface area contributed by atoms with Crippen molar-refractivity contribution in [3.63, 3.8) is 0 Å². The van der Waals surface area contributed by atoms with Gasteiger partial charge >= 0.3 is 0 Å². The molecule has 2 aromatic rings. The van der Waals surface area contributed by atoms with E-state index in [-0.39, 0.29) is 11.5 Å². The lowest BCUT2D eigenvalue weighted by molar-refractivity contribution is 0.406. The summed E-state index contributed by atoms with van der Waals surface area (Å²) >= 11 is 3.44. The maximum Gasteiger partial charge on any atom is 0.0410 e. The van der Waals surface area contributed by atoms with Crippen molar-refractivity contribution in [2.24, 2.45) is 5.73 Å². The van der Waals surface area contributed by atoms with Gasteiger partial charge in [0, 0.05) is 28.3 Å². The maximum atomic E-state index is 6.42. The number of aromatic nitrogens is 1. The Morgan fingerprint density at radius 1 is 1.21 bits per heavy atom. The van der Waals surface area contributed by atoms with Crippen molar-refractivity contribution in [1.29, 1.82) is 0 Å². The van der Waals surface area contributed by atoms with Crippen molar-refractivity contribution in [3.05, 3.63) is 64.4 Å². The van der Waals surface area contributed by atoms with Crippen LogP contribution in [0.4, 0.5) is 0 Å². The SMILES string of the molecule is CC(C)(c1ccccc1)C(N)Cc1cncc(Br)c1. The summed E-state index contributed by atoms with van der Waals surface area (Å²) in [6, 6.07) is 12.6. The number of hydrogen-bond donors (Lipinski definition) is 1. The third kappa shape index (κ3) is 3.43. The van der Waals surface area contributed by atoms with Gasteiger partial charge in [0.1, 0.15) is 0 Å². The van der Waals surface area contributed by atoms with Crippen molar-refractivity contribution < 1.29 is 0 Å². The number of nitrogens with two attached hydrogens (primary N) is 1. The summed E-state index contributed by atoms with van der Waals surface area (Å²) in [7, 11) is 0. The third-order valence-electron chi connectivity index (χ3n) is 3.66. The minimum Gasteiger partial charge on any atom is -0.327 e. The van der Waals surface area contributed by atoms with Crippen molar-refractivity contribution in [1.82, 2.24) is 4.98 Å². The predicted molar refractivity (Wildman–Crippen MR) is 83.1 cm³/mol. The van der Waals surface area contributed by atoms with E-state index >= 15 is 0 Å². The van der Waals surface area contributed by atoms with Crippen molar-refractivity contribution in [2.45, 2.75) is 31.7 Å². The average Bonchev–Trinajstić information content (AvgIpc) is 2.39. The van der Waals surface area contributed by atoms with Gasteiger partial charge in [-0.1, -0.05) is 44.2 Å². The number of pyridine rings is 1. The first-order valence-electron chi connectivity index (χ1n) is 6.40. The Balaban J connectivity index is 2.17. The second-order valence-electron chi connectivity index (χ2n) is 5.41. The minimum absolute atomic E-state index is 0.0472. The van der Waals surface area contributed by atoms with E-state index in [4.69, 9.17) is 5.73 Å². The molecule has 0 spiro atoms. The summed E-state index contributed by atoms with van der Waals surface area (Å²) in [4.78, 5) is 4.19. The highest BCUT2D eigenvalue weighted by molar-refractivity contribution is 9.10. The zero-order valence-electron chi connectivity index (χ0n) is 11.3. The van der Waals surface area contributed by atoms with E-state index < -0.39 is 0 Å². The van der Waals surface area contributed by atoms with Gasteiger partial charge in [-0.05, 0) is 39.5 Å². The average molecular weight is 319 g/mol. The van der Waals surface area contributed by atoms with E-state index in [1.54, 1.807) is 6.20 Å².